The average molecular weight is 358 g/mol. The van der Waals surface area contributed by atoms with Gasteiger partial charge in [-0.25, -0.2) is 0 Å². The van der Waals surface area contributed by atoms with E-state index in [1.54, 1.807) is 0 Å². The Morgan fingerprint density at radius 3 is 1.36 bits per heavy atom. The van der Waals surface area contributed by atoms with Gasteiger partial charge in [0.25, 0.3) is 0 Å². The number of ether oxygens (including phenoxy) is 2. The molecule has 0 spiro atoms. The van der Waals surface area contributed by atoms with Crippen LogP contribution in [0.15, 0.2) is 0 Å². The summed E-state index contributed by atoms with van der Waals surface area (Å²) in [7, 11) is 0. The number of hydrogen-bond acceptors (Lipinski definition) is 3. The Balaban J connectivity index is 5.46. The molecule has 0 aliphatic carbocycles. The molecule has 0 saturated carbocycles. The number of rotatable bonds is 8. The summed E-state index contributed by atoms with van der Waals surface area (Å²) in [5, 5.41) is 3.09. The zero-order valence-corrected chi connectivity index (χ0v) is 18.6. The zero-order valence-electron chi connectivity index (χ0n) is 18.6. The molecule has 0 heterocycles. The molecule has 0 rings (SSSR count). The van der Waals surface area contributed by atoms with Gasteiger partial charge in [-0.05, 0) is 30.1 Å². The van der Waals surface area contributed by atoms with Gasteiger partial charge in [-0.2, -0.15) is 0 Å². The lowest BCUT2D eigenvalue weighted by Crippen LogP contribution is -2.56. The number of nitrogens with one attached hydrogen (secondary N) is 1. The summed E-state index contributed by atoms with van der Waals surface area (Å²) >= 11 is 0. The molecule has 0 aromatic carbocycles. The van der Waals surface area contributed by atoms with Gasteiger partial charge in [-0.15, -0.1) is 0 Å². The summed E-state index contributed by atoms with van der Waals surface area (Å²) in [6, 6.07) is 0.0828. The van der Waals surface area contributed by atoms with Gasteiger partial charge in [0.05, 0.1) is 26.4 Å². The van der Waals surface area contributed by atoms with Crippen LogP contribution in [-0.2, 0) is 14.3 Å². The molecule has 0 aliphatic heterocycles. The zero-order chi connectivity index (χ0) is 20.1. The largest absolute Gasteiger partial charge is 0.380 e. The van der Waals surface area contributed by atoms with Crippen LogP contribution in [0.1, 0.15) is 76.2 Å². The predicted octanol–water partition coefficient (Wildman–Crippen LogP) is 4.67. The first-order valence-corrected chi connectivity index (χ1v) is 9.47. The van der Waals surface area contributed by atoms with Crippen LogP contribution in [0.25, 0.3) is 0 Å². The molecule has 0 radical (unpaired) electrons. The first-order chi connectivity index (χ1) is 11.0. The highest BCUT2D eigenvalue weighted by Gasteiger charge is 2.49. The SMILES string of the molecule is CC(C)NC(=O)C(COCC(C)(C)C)(COCC(C)(C)C)C(C)(C)C. The molecule has 1 N–H and O–H groups in total. The van der Waals surface area contributed by atoms with Crippen molar-refractivity contribution in [3.8, 4) is 0 Å². The molecule has 4 nitrogen and oxygen atoms in total. The topological polar surface area (TPSA) is 47.6 Å². The minimum Gasteiger partial charge on any atom is -0.380 e. The maximum absolute atomic E-state index is 13.2. The third-order valence-electron chi connectivity index (χ3n) is 4.06. The van der Waals surface area contributed by atoms with Gasteiger partial charge in [0, 0.05) is 6.04 Å². The van der Waals surface area contributed by atoms with Gasteiger partial charge >= 0.3 is 0 Å². The molecule has 0 atom stereocenters. The summed E-state index contributed by atoms with van der Waals surface area (Å²) < 4.78 is 12.1. The first-order valence-electron chi connectivity index (χ1n) is 9.47. The van der Waals surface area contributed by atoms with Crippen molar-refractivity contribution >= 4 is 5.91 Å². The number of amides is 1. The molecule has 0 bridgehead atoms. The van der Waals surface area contributed by atoms with Crippen LogP contribution in [0.4, 0.5) is 0 Å². The minimum absolute atomic E-state index is 0.0119. The smallest absolute Gasteiger partial charge is 0.231 e. The van der Waals surface area contributed by atoms with Gasteiger partial charge in [-0.1, -0.05) is 62.3 Å². The second kappa shape index (κ2) is 8.85. The van der Waals surface area contributed by atoms with Gasteiger partial charge in [-0.3, -0.25) is 4.79 Å². The number of hydrogen-bond donors (Lipinski definition) is 1. The molecule has 0 aliphatic rings. The van der Waals surface area contributed by atoms with Gasteiger partial charge in [0.15, 0.2) is 0 Å². The van der Waals surface area contributed by atoms with E-state index < -0.39 is 5.41 Å². The van der Waals surface area contributed by atoms with E-state index in [9.17, 15) is 4.79 Å². The Hall–Kier alpha value is -0.610. The second-order valence-electron chi connectivity index (χ2n) is 11.1. The Kier molecular flexibility index (Phi) is 8.64. The van der Waals surface area contributed by atoms with Crippen LogP contribution >= 0.6 is 0 Å². The molecule has 0 fully saturated rings. The summed E-state index contributed by atoms with van der Waals surface area (Å²) in [5.41, 5.74) is -0.898. The average Bonchev–Trinajstić information content (AvgIpc) is 2.31. The number of carbonyl (C=O) groups is 1. The van der Waals surface area contributed by atoms with E-state index in [1.807, 2.05) is 13.8 Å². The molecular weight excluding hydrogens is 314 g/mol. The quantitative estimate of drug-likeness (QED) is 0.687. The molecule has 0 saturated heterocycles. The summed E-state index contributed by atoms with van der Waals surface area (Å²) in [4.78, 5) is 13.2. The fourth-order valence-corrected chi connectivity index (χ4v) is 2.41. The highest BCUT2D eigenvalue weighted by molar-refractivity contribution is 5.84. The number of carbonyl (C=O) groups excluding carboxylic acids is 1. The third kappa shape index (κ3) is 9.05. The van der Waals surface area contributed by atoms with E-state index in [2.05, 4.69) is 67.6 Å². The van der Waals surface area contributed by atoms with Crippen LogP contribution < -0.4 is 5.32 Å². The van der Waals surface area contributed by atoms with Crippen molar-refractivity contribution in [1.82, 2.24) is 5.32 Å². The van der Waals surface area contributed by atoms with Crippen molar-refractivity contribution in [2.75, 3.05) is 26.4 Å². The maximum atomic E-state index is 13.2. The Morgan fingerprint density at radius 2 is 1.12 bits per heavy atom. The fourth-order valence-electron chi connectivity index (χ4n) is 2.41. The molecule has 4 heteroatoms. The van der Waals surface area contributed by atoms with Crippen molar-refractivity contribution in [2.45, 2.75) is 82.2 Å². The van der Waals surface area contributed by atoms with Crippen molar-refractivity contribution in [3.05, 3.63) is 0 Å². The van der Waals surface area contributed by atoms with Crippen molar-refractivity contribution in [1.29, 1.82) is 0 Å². The molecule has 0 unspecified atom stereocenters. The van der Waals surface area contributed by atoms with E-state index >= 15 is 0 Å². The Morgan fingerprint density at radius 1 is 0.760 bits per heavy atom. The molecule has 150 valence electrons. The highest BCUT2D eigenvalue weighted by atomic mass is 16.5. The summed E-state index contributed by atoms with van der Waals surface area (Å²) in [6.45, 7) is 25.0. The monoisotopic (exact) mass is 357 g/mol. The van der Waals surface area contributed by atoms with Crippen LogP contribution in [0.2, 0.25) is 0 Å². The van der Waals surface area contributed by atoms with Crippen molar-refractivity contribution in [3.63, 3.8) is 0 Å². The van der Waals surface area contributed by atoms with Crippen LogP contribution in [0.5, 0.6) is 0 Å². The van der Waals surface area contributed by atoms with Gasteiger partial charge in [0.1, 0.15) is 5.41 Å². The molecule has 1 amide bonds. The maximum Gasteiger partial charge on any atom is 0.231 e. The lowest BCUT2D eigenvalue weighted by Gasteiger charge is -2.44. The Labute approximate surface area is 156 Å². The summed E-state index contributed by atoms with van der Waals surface area (Å²) in [6.07, 6.45) is 0. The van der Waals surface area contributed by atoms with Crippen molar-refractivity contribution < 1.29 is 14.3 Å². The highest BCUT2D eigenvalue weighted by Crippen LogP contribution is 2.40. The lowest BCUT2D eigenvalue weighted by atomic mass is 9.66. The molecule has 25 heavy (non-hydrogen) atoms. The van der Waals surface area contributed by atoms with Crippen LogP contribution in [-0.4, -0.2) is 38.4 Å². The van der Waals surface area contributed by atoms with Gasteiger partial charge < -0.3 is 14.8 Å². The van der Waals surface area contributed by atoms with Crippen LogP contribution in [0.3, 0.4) is 0 Å². The van der Waals surface area contributed by atoms with E-state index in [1.165, 1.54) is 0 Å². The standard InChI is InChI=1S/C21H43NO3/c1-16(2)22-17(23)21(20(9,10)11,14-24-12-18(3,4)5)15-25-13-19(6,7)8/h16H,12-15H2,1-11H3,(H,22,23). The fraction of sp³-hybridized carbons (Fsp3) is 0.952. The van der Waals surface area contributed by atoms with Gasteiger partial charge in [0.2, 0.25) is 5.91 Å². The van der Waals surface area contributed by atoms with E-state index in [4.69, 9.17) is 9.47 Å². The van der Waals surface area contributed by atoms with Crippen LogP contribution in [0, 0.1) is 21.7 Å². The Bertz CT molecular complexity index is 388. The lowest BCUT2D eigenvalue weighted by molar-refractivity contribution is -0.156. The molecule has 0 aromatic rings. The molecular formula is C21H43NO3. The third-order valence-corrected chi connectivity index (χ3v) is 4.06. The minimum atomic E-state index is -0.728. The van der Waals surface area contributed by atoms with Crippen molar-refractivity contribution in [2.24, 2.45) is 21.7 Å². The first kappa shape index (κ1) is 24.4. The van der Waals surface area contributed by atoms with E-state index in [0.29, 0.717) is 26.4 Å². The van der Waals surface area contributed by atoms with E-state index in [0.717, 1.165) is 0 Å². The van der Waals surface area contributed by atoms with E-state index in [-0.39, 0.29) is 28.2 Å². The predicted molar refractivity (Wildman–Crippen MR) is 106 cm³/mol. The molecule has 0 aromatic heterocycles. The normalized spacial score (nSPS) is 14.1. The summed E-state index contributed by atoms with van der Waals surface area (Å²) in [5.74, 6) is 0.0119. The second-order valence-corrected chi connectivity index (χ2v) is 11.1.